The molecule has 1 aromatic heterocycles. The number of hydrogen-bond acceptors (Lipinski definition) is 4. The predicted molar refractivity (Wildman–Crippen MR) is 85.5 cm³/mol. The molecule has 0 bridgehead atoms. The Morgan fingerprint density at radius 2 is 2.26 bits per heavy atom. The van der Waals surface area contributed by atoms with E-state index in [9.17, 15) is 0 Å². The molecule has 0 fully saturated rings. The van der Waals surface area contributed by atoms with Gasteiger partial charge in [0.25, 0.3) is 0 Å². The Bertz CT molecular complexity index is 418. The maximum atomic E-state index is 6.12. The van der Waals surface area contributed by atoms with Crippen molar-refractivity contribution in [3.8, 4) is 11.5 Å². The first-order valence-electron chi connectivity index (χ1n) is 6.86. The average molecular weight is 296 g/mol. The standard InChI is InChI=1S/C14H21BO2S2/c1-4-12-14-13(10(3)19-12)16-7-11(17-14)5-6-18-8-9(2)15/h9,11H,4-8H2,1-3H3. The van der Waals surface area contributed by atoms with E-state index in [0.717, 1.165) is 35.8 Å². The quantitative estimate of drug-likeness (QED) is 0.586. The summed E-state index contributed by atoms with van der Waals surface area (Å²) in [4.78, 5) is 2.54. The molecule has 104 valence electrons. The number of aryl methyl sites for hydroxylation is 2. The van der Waals surface area contributed by atoms with Crippen LogP contribution in [0.25, 0.3) is 0 Å². The zero-order valence-corrected chi connectivity index (χ0v) is 13.5. The van der Waals surface area contributed by atoms with Crippen LogP contribution in [0.1, 0.15) is 30.0 Å². The molecular weight excluding hydrogens is 275 g/mol. The number of thiophene rings is 1. The minimum atomic E-state index is 0.187. The van der Waals surface area contributed by atoms with Gasteiger partial charge in [-0.15, -0.1) is 11.3 Å². The zero-order chi connectivity index (χ0) is 13.8. The molecule has 1 aliphatic heterocycles. The topological polar surface area (TPSA) is 18.5 Å². The van der Waals surface area contributed by atoms with E-state index in [1.165, 1.54) is 9.75 Å². The number of thioether (sulfide) groups is 1. The zero-order valence-electron chi connectivity index (χ0n) is 11.9. The number of ether oxygens (including phenoxy) is 2. The van der Waals surface area contributed by atoms with E-state index in [4.69, 9.17) is 17.3 Å². The first-order valence-corrected chi connectivity index (χ1v) is 8.84. The van der Waals surface area contributed by atoms with Crippen LogP contribution in [0.5, 0.6) is 11.5 Å². The number of fused-ring (bicyclic) bond motifs is 1. The average Bonchev–Trinajstić information content (AvgIpc) is 2.71. The third-order valence-electron chi connectivity index (χ3n) is 3.04. The molecule has 1 aliphatic rings. The number of hydrogen-bond donors (Lipinski definition) is 0. The van der Waals surface area contributed by atoms with Gasteiger partial charge < -0.3 is 9.47 Å². The SMILES string of the molecule is [B]C(C)CSCCC1COc2c(C)sc(CC)c2O1. The molecule has 0 aromatic carbocycles. The number of rotatable bonds is 6. The first kappa shape index (κ1) is 15.1. The summed E-state index contributed by atoms with van der Waals surface area (Å²) in [7, 11) is 5.74. The fraction of sp³-hybridized carbons (Fsp3) is 0.714. The summed E-state index contributed by atoms with van der Waals surface area (Å²) in [6.45, 7) is 6.98. The highest BCUT2D eigenvalue weighted by Crippen LogP contribution is 2.44. The second-order valence-electron chi connectivity index (χ2n) is 4.98. The van der Waals surface area contributed by atoms with Crippen LogP contribution in [0.2, 0.25) is 5.82 Å². The molecule has 2 radical (unpaired) electrons. The van der Waals surface area contributed by atoms with E-state index in [1.807, 2.05) is 18.7 Å². The lowest BCUT2D eigenvalue weighted by atomic mass is 9.92. The molecule has 2 heterocycles. The highest BCUT2D eigenvalue weighted by atomic mass is 32.2. The Kier molecular flexibility index (Phi) is 5.52. The van der Waals surface area contributed by atoms with Crippen LogP contribution in [-0.2, 0) is 6.42 Å². The van der Waals surface area contributed by atoms with Crippen molar-refractivity contribution in [1.29, 1.82) is 0 Å². The second-order valence-corrected chi connectivity index (χ2v) is 7.44. The Morgan fingerprint density at radius 3 is 2.95 bits per heavy atom. The first-order chi connectivity index (χ1) is 9.11. The Labute approximate surface area is 125 Å². The van der Waals surface area contributed by atoms with Crippen molar-refractivity contribution >= 4 is 30.9 Å². The minimum Gasteiger partial charge on any atom is -0.485 e. The van der Waals surface area contributed by atoms with Gasteiger partial charge in [-0.2, -0.15) is 11.8 Å². The maximum absolute atomic E-state index is 6.12. The van der Waals surface area contributed by atoms with E-state index < -0.39 is 0 Å². The Morgan fingerprint density at radius 1 is 1.47 bits per heavy atom. The van der Waals surface area contributed by atoms with Crippen molar-refractivity contribution in [1.82, 2.24) is 0 Å². The molecule has 0 saturated heterocycles. The van der Waals surface area contributed by atoms with Crippen LogP contribution in [0.4, 0.5) is 0 Å². The molecule has 5 heteroatoms. The molecule has 1 aromatic rings. The molecule has 0 aliphatic carbocycles. The summed E-state index contributed by atoms with van der Waals surface area (Å²) in [6.07, 6.45) is 2.22. The molecule has 0 amide bonds. The highest BCUT2D eigenvalue weighted by molar-refractivity contribution is 7.99. The van der Waals surface area contributed by atoms with Gasteiger partial charge in [-0.1, -0.05) is 19.7 Å². The van der Waals surface area contributed by atoms with Crippen molar-refractivity contribution in [3.05, 3.63) is 9.75 Å². The van der Waals surface area contributed by atoms with Gasteiger partial charge in [0, 0.05) is 4.88 Å². The molecule has 19 heavy (non-hydrogen) atoms. The molecule has 0 saturated carbocycles. The van der Waals surface area contributed by atoms with Crippen LogP contribution in [0, 0.1) is 6.92 Å². The van der Waals surface area contributed by atoms with Gasteiger partial charge in [-0.3, -0.25) is 0 Å². The molecular formula is C14H21BO2S2. The fourth-order valence-corrected chi connectivity index (χ4v) is 4.05. The van der Waals surface area contributed by atoms with Crippen LogP contribution in [-0.4, -0.2) is 32.1 Å². The Balaban J connectivity index is 1.87. The van der Waals surface area contributed by atoms with E-state index >= 15 is 0 Å². The van der Waals surface area contributed by atoms with E-state index in [1.54, 1.807) is 11.3 Å². The molecule has 2 rings (SSSR count). The van der Waals surface area contributed by atoms with Crippen molar-refractivity contribution in [3.63, 3.8) is 0 Å². The molecule has 0 spiro atoms. The highest BCUT2D eigenvalue weighted by Gasteiger charge is 2.26. The van der Waals surface area contributed by atoms with Crippen molar-refractivity contribution in [2.45, 2.75) is 45.5 Å². The molecule has 2 nitrogen and oxygen atoms in total. The van der Waals surface area contributed by atoms with Crippen molar-refractivity contribution in [2.24, 2.45) is 0 Å². The summed E-state index contributed by atoms with van der Waals surface area (Å²) >= 11 is 3.69. The lowest BCUT2D eigenvalue weighted by Gasteiger charge is -2.25. The summed E-state index contributed by atoms with van der Waals surface area (Å²) in [5, 5.41) is 0. The van der Waals surface area contributed by atoms with Gasteiger partial charge in [-0.05, 0) is 31.3 Å². The third-order valence-corrected chi connectivity index (χ3v) is 5.54. The second kappa shape index (κ2) is 6.93. The van der Waals surface area contributed by atoms with E-state index in [0.29, 0.717) is 6.61 Å². The van der Waals surface area contributed by atoms with Gasteiger partial charge >= 0.3 is 0 Å². The fourth-order valence-electron chi connectivity index (χ4n) is 2.09. The Hall–Kier alpha value is -0.285. The smallest absolute Gasteiger partial charge is 0.175 e. The lowest BCUT2D eigenvalue weighted by molar-refractivity contribution is 0.0890. The third kappa shape index (κ3) is 3.85. The van der Waals surface area contributed by atoms with Gasteiger partial charge in [0.1, 0.15) is 12.7 Å². The molecule has 2 atom stereocenters. The predicted octanol–water partition coefficient (Wildman–Crippen LogP) is 3.86. The van der Waals surface area contributed by atoms with Crippen LogP contribution >= 0.6 is 23.1 Å². The summed E-state index contributed by atoms with van der Waals surface area (Å²) < 4.78 is 12.0. The van der Waals surface area contributed by atoms with Gasteiger partial charge in [0.15, 0.2) is 11.5 Å². The largest absolute Gasteiger partial charge is 0.485 e. The molecule has 0 N–H and O–H groups in total. The van der Waals surface area contributed by atoms with Crippen LogP contribution < -0.4 is 9.47 Å². The molecule has 2 unspecified atom stereocenters. The monoisotopic (exact) mass is 296 g/mol. The van der Waals surface area contributed by atoms with Gasteiger partial charge in [-0.25, -0.2) is 0 Å². The normalized spacial score (nSPS) is 19.4. The maximum Gasteiger partial charge on any atom is 0.175 e. The lowest BCUT2D eigenvalue weighted by Crippen LogP contribution is -2.29. The van der Waals surface area contributed by atoms with Gasteiger partial charge in [0.2, 0.25) is 0 Å². The summed E-state index contributed by atoms with van der Waals surface area (Å²) in [6, 6.07) is 0. The van der Waals surface area contributed by atoms with Crippen LogP contribution in [0.3, 0.4) is 0 Å². The summed E-state index contributed by atoms with van der Waals surface area (Å²) in [5.41, 5.74) is 0. The van der Waals surface area contributed by atoms with Gasteiger partial charge in [0.05, 0.1) is 12.7 Å². The van der Waals surface area contributed by atoms with Crippen molar-refractivity contribution < 1.29 is 9.47 Å². The van der Waals surface area contributed by atoms with E-state index in [2.05, 4.69) is 13.8 Å². The summed E-state index contributed by atoms with van der Waals surface area (Å²) in [5.74, 6) is 4.33. The minimum absolute atomic E-state index is 0.187. The van der Waals surface area contributed by atoms with Crippen molar-refractivity contribution in [2.75, 3.05) is 18.1 Å². The van der Waals surface area contributed by atoms with Crippen LogP contribution in [0.15, 0.2) is 0 Å². The van der Waals surface area contributed by atoms with E-state index in [-0.39, 0.29) is 11.9 Å².